The van der Waals surface area contributed by atoms with Crippen LogP contribution < -0.4 is 5.32 Å². The lowest BCUT2D eigenvalue weighted by atomic mass is 9.96. The Balaban J connectivity index is 2.04. The van der Waals surface area contributed by atoms with Crippen molar-refractivity contribution in [3.8, 4) is 0 Å². The zero-order chi connectivity index (χ0) is 21.1. The van der Waals surface area contributed by atoms with Crippen LogP contribution in [0.1, 0.15) is 70.2 Å². The zero-order valence-electron chi connectivity index (χ0n) is 17.9. The molecule has 0 aliphatic rings. The predicted molar refractivity (Wildman–Crippen MR) is 115 cm³/mol. The van der Waals surface area contributed by atoms with Gasteiger partial charge in [-0.15, -0.1) is 0 Å². The van der Waals surface area contributed by atoms with Crippen LogP contribution in [0.3, 0.4) is 0 Å². The summed E-state index contributed by atoms with van der Waals surface area (Å²) in [6.07, 6.45) is 5.70. The van der Waals surface area contributed by atoms with E-state index in [0.717, 1.165) is 37.0 Å². The molecule has 2 atom stereocenters. The first-order valence-electron chi connectivity index (χ1n) is 10.7. The average Bonchev–Trinajstić information content (AvgIpc) is 3.27. The zero-order valence-corrected chi connectivity index (χ0v) is 17.9. The Kier molecular flexibility index (Phi) is 9.48. The van der Waals surface area contributed by atoms with Crippen molar-refractivity contribution < 1.29 is 14.0 Å². The maximum Gasteiger partial charge on any atom is 0.226 e. The average molecular weight is 399 g/mol. The predicted octanol–water partition coefficient (Wildman–Crippen LogP) is 5.09. The molecule has 0 fully saturated rings. The molecule has 0 aliphatic carbocycles. The third kappa shape index (κ3) is 7.08. The summed E-state index contributed by atoms with van der Waals surface area (Å²) in [5, 5.41) is 2.86. The fourth-order valence-electron chi connectivity index (χ4n) is 3.50. The lowest BCUT2D eigenvalue weighted by Gasteiger charge is -2.32. The van der Waals surface area contributed by atoms with Crippen molar-refractivity contribution in [2.24, 2.45) is 5.92 Å². The van der Waals surface area contributed by atoms with E-state index in [4.69, 9.17) is 4.42 Å². The topological polar surface area (TPSA) is 62.6 Å². The number of amides is 2. The molecule has 2 aromatic rings. The molecule has 2 amide bonds. The second kappa shape index (κ2) is 12.1. The highest BCUT2D eigenvalue weighted by atomic mass is 16.3. The third-order valence-corrected chi connectivity index (χ3v) is 5.40. The minimum atomic E-state index is -0.0823. The highest BCUT2D eigenvalue weighted by Crippen LogP contribution is 2.25. The molecule has 0 saturated heterocycles. The lowest BCUT2D eigenvalue weighted by molar-refractivity contribution is -0.138. The number of hydrogen-bond acceptors (Lipinski definition) is 3. The SMILES string of the molecule is CCCCC(CC)C(=O)N(CCC(=O)NCc1ccco1)C(C)c1ccccc1. The lowest BCUT2D eigenvalue weighted by Crippen LogP contribution is -2.40. The molecule has 1 N–H and O–H groups in total. The molecule has 0 saturated carbocycles. The molecule has 2 unspecified atom stereocenters. The van der Waals surface area contributed by atoms with Crippen molar-refractivity contribution in [1.29, 1.82) is 0 Å². The van der Waals surface area contributed by atoms with Gasteiger partial charge in [-0.2, -0.15) is 0 Å². The van der Waals surface area contributed by atoms with Gasteiger partial charge in [0.2, 0.25) is 11.8 Å². The summed E-state index contributed by atoms with van der Waals surface area (Å²) in [4.78, 5) is 27.6. The first-order chi connectivity index (χ1) is 14.1. The summed E-state index contributed by atoms with van der Waals surface area (Å²) >= 11 is 0. The number of carbonyl (C=O) groups is 2. The minimum Gasteiger partial charge on any atom is -0.467 e. The van der Waals surface area contributed by atoms with Gasteiger partial charge in [0.1, 0.15) is 5.76 Å². The quantitative estimate of drug-likeness (QED) is 0.541. The van der Waals surface area contributed by atoms with Gasteiger partial charge in [-0.05, 0) is 37.5 Å². The smallest absolute Gasteiger partial charge is 0.226 e. The summed E-state index contributed by atoms with van der Waals surface area (Å²) in [7, 11) is 0. The van der Waals surface area contributed by atoms with E-state index in [1.54, 1.807) is 12.3 Å². The Morgan fingerprint density at radius 2 is 1.86 bits per heavy atom. The Hall–Kier alpha value is -2.56. The standard InChI is InChI=1S/C24H34N2O3/c1-4-6-11-20(5-2)24(28)26(19(3)21-12-8-7-9-13-21)16-15-23(27)25-18-22-14-10-17-29-22/h7-10,12-14,17,19-20H,4-6,11,15-16,18H2,1-3H3,(H,25,27). The fourth-order valence-corrected chi connectivity index (χ4v) is 3.50. The van der Waals surface area contributed by atoms with E-state index in [1.165, 1.54) is 0 Å². The van der Waals surface area contributed by atoms with Gasteiger partial charge in [-0.1, -0.05) is 57.0 Å². The molecule has 29 heavy (non-hydrogen) atoms. The molecule has 0 aliphatic heterocycles. The van der Waals surface area contributed by atoms with Crippen LogP contribution in [0.5, 0.6) is 0 Å². The molecule has 2 rings (SSSR count). The molecule has 1 aromatic heterocycles. The Morgan fingerprint density at radius 1 is 1.10 bits per heavy atom. The van der Waals surface area contributed by atoms with Crippen LogP contribution in [-0.2, 0) is 16.1 Å². The summed E-state index contributed by atoms with van der Waals surface area (Å²) < 4.78 is 5.25. The van der Waals surface area contributed by atoms with Gasteiger partial charge in [0.05, 0.1) is 18.8 Å². The number of benzene rings is 1. The van der Waals surface area contributed by atoms with Crippen molar-refractivity contribution >= 4 is 11.8 Å². The van der Waals surface area contributed by atoms with E-state index in [1.807, 2.05) is 48.2 Å². The van der Waals surface area contributed by atoms with Crippen LogP contribution in [0, 0.1) is 5.92 Å². The van der Waals surface area contributed by atoms with Gasteiger partial charge in [0.25, 0.3) is 0 Å². The van der Waals surface area contributed by atoms with E-state index in [2.05, 4.69) is 19.2 Å². The van der Waals surface area contributed by atoms with Crippen molar-refractivity contribution in [3.63, 3.8) is 0 Å². The summed E-state index contributed by atoms with van der Waals surface area (Å²) in [6, 6.07) is 13.6. The van der Waals surface area contributed by atoms with Crippen LogP contribution in [-0.4, -0.2) is 23.3 Å². The highest BCUT2D eigenvalue weighted by molar-refractivity contribution is 5.81. The first kappa shape index (κ1) is 22.7. The van der Waals surface area contributed by atoms with E-state index in [0.29, 0.717) is 13.1 Å². The number of furan rings is 1. The Labute approximate surface area is 174 Å². The molecule has 5 heteroatoms. The van der Waals surface area contributed by atoms with E-state index in [-0.39, 0.29) is 30.2 Å². The van der Waals surface area contributed by atoms with Gasteiger partial charge in [-0.25, -0.2) is 0 Å². The molecule has 1 heterocycles. The molecule has 5 nitrogen and oxygen atoms in total. The largest absolute Gasteiger partial charge is 0.467 e. The first-order valence-corrected chi connectivity index (χ1v) is 10.7. The second-order valence-electron chi connectivity index (χ2n) is 7.47. The van der Waals surface area contributed by atoms with Gasteiger partial charge >= 0.3 is 0 Å². The molecular weight excluding hydrogens is 364 g/mol. The second-order valence-corrected chi connectivity index (χ2v) is 7.47. The number of rotatable bonds is 12. The van der Waals surface area contributed by atoms with E-state index in [9.17, 15) is 9.59 Å². The van der Waals surface area contributed by atoms with Crippen LogP contribution in [0.2, 0.25) is 0 Å². The number of hydrogen-bond donors (Lipinski definition) is 1. The van der Waals surface area contributed by atoms with Crippen LogP contribution in [0.25, 0.3) is 0 Å². The van der Waals surface area contributed by atoms with Gasteiger partial charge in [0.15, 0.2) is 0 Å². The molecular formula is C24H34N2O3. The number of nitrogens with one attached hydrogen (secondary N) is 1. The van der Waals surface area contributed by atoms with Gasteiger partial charge in [0, 0.05) is 18.9 Å². The number of unbranched alkanes of at least 4 members (excludes halogenated alkanes) is 1. The fraction of sp³-hybridized carbons (Fsp3) is 0.500. The molecule has 0 bridgehead atoms. The van der Waals surface area contributed by atoms with Gasteiger partial charge in [-0.3, -0.25) is 9.59 Å². The summed E-state index contributed by atoms with van der Waals surface area (Å²) in [6.45, 7) is 7.02. The van der Waals surface area contributed by atoms with Crippen LogP contribution in [0.4, 0.5) is 0 Å². The van der Waals surface area contributed by atoms with E-state index < -0.39 is 0 Å². The Morgan fingerprint density at radius 3 is 2.48 bits per heavy atom. The van der Waals surface area contributed by atoms with Crippen LogP contribution in [0.15, 0.2) is 53.1 Å². The molecule has 1 aromatic carbocycles. The van der Waals surface area contributed by atoms with Gasteiger partial charge < -0.3 is 14.6 Å². The summed E-state index contributed by atoms with van der Waals surface area (Å²) in [5.41, 5.74) is 1.09. The van der Waals surface area contributed by atoms with Crippen molar-refractivity contribution in [2.75, 3.05) is 6.54 Å². The third-order valence-electron chi connectivity index (χ3n) is 5.40. The summed E-state index contributed by atoms with van der Waals surface area (Å²) in [5.74, 6) is 0.791. The Bertz CT molecular complexity index is 728. The number of carbonyl (C=O) groups excluding carboxylic acids is 2. The number of nitrogens with zero attached hydrogens (tertiary/aromatic N) is 1. The monoisotopic (exact) mass is 398 g/mol. The molecule has 0 spiro atoms. The maximum absolute atomic E-state index is 13.3. The van der Waals surface area contributed by atoms with Crippen LogP contribution >= 0.6 is 0 Å². The molecule has 0 radical (unpaired) electrons. The highest BCUT2D eigenvalue weighted by Gasteiger charge is 2.27. The van der Waals surface area contributed by atoms with E-state index >= 15 is 0 Å². The van der Waals surface area contributed by atoms with Crippen molar-refractivity contribution in [3.05, 3.63) is 60.1 Å². The van der Waals surface area contributed by atoms with Crippen molar-refractivity contribution in [2.45, 2.75) is 65.5 Å². The normalized spacial score (nSPS) is 12.9. The maximum atomic E-state index is 13.3. The van der Waals surface area contributed by atoms with Crippen molar-refractivity contribution in [1.82, 2.24) is 10.2 Å². The molecule has 158 valence electrons. The minimum absolute atomic E-state index is 0.00675.